The number of halogens is 1. The number of hydrogen-bond donors (Lipinski definition) is 6. The highest BCUT2D eigenvalue weighted by atomic mass is 35.5. The van der Waals surface area contributed by atoms with Gasteiger partial charge in [0, 0.05) is 48.7 Å². The van der Waals surface area contributed by atoms with Gasteiger partial charge < -0.3 is 25.4 Å². The molecule has 3 saturated carbocycles. The second-order valence-electron chi connectivity index (χ2n) is 13.7. The average molecular weight is 637 g/mol. The van der Waals surface area contributed by atoms with Crippen LogP contribution >= 0.6 is 11.6 Å². The summed E-state index contributed by atoms with van der Waals surface area (Å²) in [7, 11) is -1.28. The van der Waals surface area contributed by atoms with Gasteiger partial charge in [0.05, 0.1) is 30.9 Å². The van der Waals surface area contributed by atoms with Crippen molar-refractivity contribution in [1.82, 2.24) is 26.4 Å². The topological polar surface area (TPSA) is 148 Å². The molecule has 0 aromatic carbocycles. The quantitative estimate of drug-likeness (QED) is 0.115. The molecule has 0 aromatic heterocycles. The van der Waals surface area contributed by atoms with Crippen LogP contribution in [0.4, 0.5) is 0 Å². The van der Waals surface area contributed by atoms with Crippen LogP contribution in [0.5, 0.6) is 0 Å². The van der Waals surface area contributed by atoms with Crippen LogP contribution in [0.3, 0.4) is 0 Å². The van der Waals surface area contributed by atoms with E-state index in [4.69, 9.17) is 21.3 Å². The van der Waals surface area contributed by atoms with Crippen molar-refractivity contribution in [3.8, 4) is 0 Å². The van der Waals surface area contributed by atoms with Gasteiger partial charge in [-0.25, -0.2) is 10.9 Å². The van der Waals surface area contributed by atoms with Crippen LogP contribution in [0.15, 0.2) is 4.99 Å². The van der Waals surface area contributed by atoms with Crippen LogP contribution in [0.2, 0.25) is 5.82 Å². The smallest absolute Gasteiger partial charge is 0.427 e. The van der Waals surface area contributed by atoms with Crippen molar-refractivity contribution in [3.05, 3.63) is 0 Å². The van der Waals surface area contributed by atoms with Gasteiger partial charge in [0.15, 0.2) is 0 Å². The minimum atomic E-state index is -1.28. The number of carbonyl (C=O) groups is 2. The molecule has 11 nitrogen and oxygen atoms in total. The summed E-state index contributed by atoms with van der Waals surface area (Å²) in [5.41, 5.74) is 8.19. The van der Waals surface area contributed by atoms with E-state index in [0.29, 0.717) is 63.8 Å². The third-order valence-corrected chi connectivity index (χ3v) is 11.2. The van der Waals surface area contributed by atoms with E-state index < -0.39 is 7.12 Å². The fourth-order valence-corrected chi connectivity index (χ4v) is 8.67. The van der Waals surface area contributed by atoms with E-state index in [1.807, 2.05) is 6.92 Å². The number of ether oxygens (including phenoxy) is 1. The van der Waals surface area contributed by atoms with Crippen molar-refractivity contribution in [2.45, 2.75) is 139 Å². The lowest BCUT2D eigenvalue weighted by molar-refractivity contribution is -0.126. The first-order chi connectivity index (χ1) is 21.2. The van der Waals surface area contributed by atoms with Crippen LogP contribution in [0.25, 0.3) is 0 Å². The van der Waals surface area contributed by atoms with Crippen molar-refractivity contribution in [2.24, 2.45) is 22.7 Å². The molecular weight excluding hydrogens is 583 g/mol. The number of rotatable bonds is 11. The van der Waals surface area contributed by atoms with Gasteiger partial charge in [-0.1, -0.05) is 12.8 Å². The van der Waals surface area contributed by atoms with E-state index in [2.05, 4.69) is 33.3 Å². The molecule has 248 valence electrons. The van der Waals surface area contributed by atoms with Gasteiger partial charge in [-0.2, -0.15) is 0 Å². The molecule has 5 aliphatic rings. The highest BCUT2D eigenvalue weighted by Crippen LogP contribution is 2.42. The minimum Gasteiger partial charge on any atom is -0.427 e. The largest absolute Gasteiger partial charge is 0.454 e. The molecule has 2 aliphatic heterocycles. The molecule has 0 spiro atoms. The Labute approximate surface area is 268 Å². The lowest BCUT2D eigenvalue weighted by atomic mass is 9.63. The molecule has 4 fully saturated rings. The summed E-state index contributed by atoms with van der Waals surface area (Å²) in [6.07, 6.45) is 11.1. The zero-order chi connectivity index (χ0) is 31.2. The Hall–Kier alpha value is -1.28. The third kappa shape index (κ3) is 8.35. The Morgan fingerprint density at radius 1 is 1.05 bits per heavy atom. The molecule has 2 heterocycles. The van der Waals surface area contributed by atoms with Crippen molar-refractivity contribution < 1.29 is 24.4 Å². The van der Waals surface area contributed by atoms with Crippen molar-refractivity contribution in [3.63, 3.8) is 0 Å². The number of alkyl halides is 1. The number of hydrazine groups is 1. The standard InChI is InChI=1S/C31H54BClN6O5/c1-3-34-28(40)18-26-30-38-37-19(2)39(30)27-14-13-24(17-25(27)29(36-26)20-7-11-23(33)12-8-20)44-16-4-15-35-31(41)21-5-9-22(10-6-21)32(42)43/h19-27,30,37-38,42-43H,3-18H2,1-2H3,(H,34,40)(H,35,41)/t19?,20?,21?,22?,23?,24?,25?,26-,27?,30?/m0/s1. The van der Waals surface area contributed by atoms with E-state index in [9.17, 15) is 19.6 Å². The first-order valence-electron chi connectivity index (χ1n) is 17.3. The SMILES string of the molecule is CCNC(=O)C[C@@H]1N=C(C2CCC(Cl)CC2)C2CC(OCCCNC(=O)C3CCC(B(O)O)CC3)CCC2N2C(C)NNC12. The number of carbonyl (C=O) groups excluding carboxylic acids is 2. The minimum absolute atomic E-state index is 0.0354. The summed E-state index contributed by atoms with van der Waals surface area (Å²) in [6.45, 7) is 5.94. The lowest BCUT2D eigenvalue weighted by Gasteiger charge is -2.44. The molecular formula is C31H54BClN6O5. The molecule has 0 aromatic rings. The van der Waals surface area contributed by atoms with Crippen LogP contribution in [0.1, 0.15) is 97.3 Å². The van der Waals surface area contributed by atoms with Gasteiger partial charge in [-0.05, 0) is 89.8 Å². The number of fused-ring (bicyclic) bond motifs is 3. The van der Waals surface area contributed by atoms with Gasteiger partial charge in [0.2, 0.25) is 11.8 Å². The van der Waals surface area contributed by atoms with Gasteiger partial charge >= 0.3 is 7.12 Å². The Kier molecular flexibility index (Phi) is 12.4. The molecule has 0 radical (unpaired) electrons. The monoisotopic (exact) mass is 636 g/mol. The maximum absolute atomic E-state index is 12.8. The third-order valence-electron chi connectivity index (χ3n) is 10.8. The molecule has 2 amide bonds. The van der Waals surface area contributed by atoms with Crippen LogP contribution in [-0.2, 0) is 14.3 Å². The normalized spacial score (nSPS) is 37.7. The molecule has 3 aliphatic carbocycles. The molecule has 1 saturated heterocycles. The van der Waals surface area contributed by atoms with E-state index in [1.165, 1.54) is 5.71 Å². The molecule has 0 bridgehead atoms. The first-order valence-corrected chi connectivity index (χ1v) is 17.7. The number of nitrogens with zero attached hydrogens (tertiary/aromatic N) is 2. The van der Waals surface area contributed by atoms with E-state index in [1.54, 1.807) is 0 Å². The maximum Gasteiger partial charge on any atom is 0.454 e. The summed E-state index contributed by atoms with van der Waals surface area (Å²) in [5, 5.41) is 25.1. The lowest BCUT2D eigenvalue weighted by Crippen LogP contribution is -2.55. The summed E-state index contributed by atoms with van der Waals surface area (Å²) >= 11 is 6.52. The highest BCUT2D eigenvalue weighted by molar-refractivity contribution is 6.43. The molecule has 44 heavy (non-hydrogen) atoms. The highest BCUT2D eigenvalue weighted by Gasteiger charge is 2.50. The number of amides is 2. The average Bonchev–Trinajstić information content (AvgIpc) is 3.34. The summed E-state index contributed by atoms with van der Waals surface area (Å²) in [6, 6.07) is 0.158. The van der Waals surface area contributed by atoms with Crippen LogP contribution in [-0.4, -0.2) is 95.2 Å². The van der Waals surface area contributed by atoms with E-state index >= 15 is 0 Å². The van der Waals surface area contributed by atoms with Crippen LogP contribution in [0, 0.1) is 17.8 Å². The Morgan fingerprint density at radius 2 is 1.80 bits per heavy atom. The summed E-state index contributed by atoms with van der Waals surface area (Å²) in [5.74, 6) is 0.615. The Bertz CT molecular complexity index is 993. The van der Waals surface area contributed by atoms with E-state index in [-0.39, 0.29) is 59.3 Å². The van der Waals surface area contributed by atoms with Gasteiger partial charge in [-0.3, -0.25) is 19.5 Å². The molecule has 13 heteroatoms. The van der Waals surface area contributed by atoms with Crippen molar-refractivity contribution in [1.29, 1.82) is 0 Å². The van der Waals surface area contributed by atoms with Crippen molar-refractivity contribution >= 4 is 36.2 Å². The Balaban J connectivity index is 1.19. The van der Waals surface area contributed by atoms with Gasteiger partial charge in [0.1, 0.15) is 0 Å². The number of hydrogen-bond acceptors (Lipinski definition) is 9. The molecule has 5 unspecified atom stereocenters. The maximum atomic E-state index is 12.8. The van der Waals surface area contributed by atoms with Crippen molar-refractivity contribution in [2.75, 3.05) is 19.7 Å². The van der Waals surface area contributed by atoms with Gasteiger partial charge in [0.25, 0.3) is 0 Å². The molecule has 6 N–H and O–H groups in total. The van der Waals surface area contributed by atoms with Crippen LogP contribution < -0.4 is 21.5 Å². The zero-order valence-electron chi connectivity index (χ0n) is 26.6. The predicted molar refractivity (Wildman–Crippen MR) is 172 cm³/mol. The summed E-state index contributed by atoms with van der Waals surface area (Å²) < 4.78 is 6.46. The van der Waals surface area contributed by atoms with E-state index in [0.717, 1.165) is 51.4 Å². The molecule has 6 atom stereocenters. The number of aliphatic imine (C=N–C) groups is 1. The summed E-state index contributed by atoms with van der Waals surface area (Å²) in [4.78, 5) is 33.5. The number of nitrogens with one attached hydrogen (secondary N) is 4. The second-order valence-corrected chi connectivity index (χ2v) is 14.4. The fraction of sp³-hybridized carbons (Fsp3) is 0.903. The first kappa shape index (κ1) is 34.1. The molecule has 5 rings (SSSR count). The predicted octanol–water partition coefficient (Wildman–Crippen LogP) is 2.31. The zero-order valence-corrected chi connectivity index (χ0v) is 27.3. The van der Waals surface area contributed by atoms with Gasteiger partial charge in [-0.15, -0.1) is 11.6 Å². The Morgan fingerprint density at radius 3 is 2.50 bits per heavy atom. The second kappa shape index (κ2) is 16.0. The fourth-order valence-electron chi connectivity index (χ4n) is 8.42.